The highest BCUT2D eigenvalue weighted by atomic mass is 16.5. The van der Waals surface area contributed by atoms with Gasteiger partial charge in [-0.15, -0.1) is 0 Å². The highest BCUT2D eigenvalue weighted by molar-refractivity contribution is 6.03. The van der Waals surface area contributed by atoms with E-state index in [4.69, 9.17) is 14.2 Å². The average molecular weight is 431 g/mol. The van der Waals surface area contributed by atoms with Crippen LogP contribution in [0.2, 0.25) is 0 Å². The van der Waals surface area contributed by atoms with Crippen molar-refractivity contribution in [1.29, 1.82) is 5.26 Å². The molecule has 1 N–H and O–H groups in total. The molecule has 0 bridgehead atoms. The summed E-state index contributed by atoms with van der Waals surface area (Å²) in [6.07, 6.45) is 1.73. The van der Waals surface area contributed by atoms with Gasteiger partial charge in [-0.05, 0) is 35.4 Å². The van der Waals surface area contributed by atoms with Gasteiger partial charge in [-0.2, -0.15) is 5.26 Å². The Bertz CT molecular complexity index is 1170. The van der Waals surface area contributed by atoms with Crippen LogP contribution in [0.5, 0.6) is 5.75 Å². The Balaban J connectivity index is 1.45. The van der Waals surface area contributed by atoms with Gasteiger partial charge in [-0.3, -0.25) is 4.79 Å². The van der Waals surface area contributed by atoms with Gasteiger partial charge >= 0.3 is 0 Å². The third-order valence-electron chi connectivity index (χ3n) is 6.07. The molecule has 164 valence electrons. The van der Waals surface area contributed by atoms with E-state index in [0.29, 0.717) is 56.5 Å². The van der Waals surface area contributed by atoms with Gasteiger partial charge in [0.05, 0.1) is 32.0 Å². The second-order valence-corrected chi connectivity index (χ2v) is 8.11. The van der Waals surface area contributed by atoms with E-state index in [0.717, 1.165) is 34.9 Å². The minimum atomic E-state index is -0.0200. The Labute approximate surface area is 186 Å². The van der Waals surface area contributed by atoms with E-state index in [-0.39, 0.29) is 12.0 Å². The first-order chi connectivity index (χ1) is 15.7. The van der Waals surface area contributed by atoms with Crippen molar-refractivity contribution < 1.29 is 19.0 Å². The summed E-state index contributed by atoms with van der Waals surface area (Å²) in [6.45, 7) is 3.70. The number of morpholine rings is 1. The molecule has 3 heterocycles. The standard InChI is InChI=1S/C25H25N3O4/c26-16-18-14-17(4-5-24(18)32-19-6-10-30-11-7-19)20-2-1-3-22-21(20)15-23(27-22)25(29)28-8-12-31-13-9-28/h1-5,14-15,19,27H,6-13H2. The number of aromatic amines is 1. The summed E-state index contributed by atoms with van der Waals surface area (Å²) in [7, 11) is 0. The van der Waals surface area contributed by atoms with E-state index in [1.54, 1.807) is 0 Å². The van der Waals surface area contributed by atoms with Crippen LogP contribution in [0.1, 0.15) is 28.9 Å². The van der Waals surface area contributed by atoms with Gasteiger partial charge in [-0.1, -0.05) is 18.2 Å². The Morgan fingerprint density at radius 1 is 1.06 bits per heavy atom. The van der Waals surface area contributed by atoms with Gasteiger partial charge in [0.15, 0.2) is 0 Å². The number of hydrogen-bond donors (Lipinski definition) is 1. The summed E-state index contributed by atoms with van der Waals surface area (Å²) in [4.78, 5) is 18.0. The number of aromatic nitrogens is 1. The molecule has 2 fully saturated rings. The minimum Gasteiger partial charge on any atom is -0.489 e. The lowest BCUT2D eigenvalue weighted by atomic mass is 9.99. The summed E-state index contributed by atoms with van der Waals surface area (Å²) in [5.74, 6) is 0.584. The van der Waals surface area contributed by atoms with Gasteiger partial charge in [0, 0.05) is 36.8 Å². The maximum absolute atomic E-state index is 12.9. The van der Waals surface area contributed by atoms with Gasteiger partial charge < -0.3 is 24.1 Å². The highest BCUT2D eigenvalue weighted by Gasteiger charge is 2.21. The Morgan fingerprint density at radius 2 is 1.84 bits per heavy atom. The topological polar surface area (TPSA) is 87.6 Å². The molecular formula is C25H25N3O4. The molecule has 32 heavy (non-hydrogen) atoms. The number of rotatable bonds is 4. The zero-order valence-corrected chi connectivity index (χ0v) is 17.8. The number of fused-ring (bicyclic) bond motifs is 1. The Hall–Kier alpha value is -3.34. The van der Waals surface area contributed by atoms with Crippen LogP contribution in [0.4, 0.5) is 0 Å². The molecule has 0 saturated carbocycles. The van der Waals surface area contributed by atoms with Gasteiger partial charge in [0.25, 0.3) is 5.91 Å². The monoisotopic (exact) mass is 431 g/mol. The van der Waals surface area contributed by atoms with Crippen LogP contribution in [0.3, 0.4) is 0 Å². The average Bonchev–Trinajstić information content (AvgIpc) is 3.29. The van der Waals surface area contributed by atoms with Crippen molar-refractivity contribution in [1.82, 2.24) is 9.88 Å². The SMILES string of the molecule is N#Cc1cc(-c2cccc3[nH]c(C(=O)N4CCOCC4)cc23)ccc1OC1CCOCC1. The summed E-state index contributed by atoms with van der Waals surface area (Å²) in [5.41, 5.74) is 3.84. The van der Waals surface area contributed by atoms with Gasteiger partial charge in [-0.25, -0.2) is 0 Å². The number of benzene rings is 2. The third-order valence-corrected chi connectivity index (χ3v) is 6.07. The second kappa shape index (κ2) is 9.03. The molecule has 1 amide bonds. The number of nitrogens with one attached hydrogen (secondary N) is 1. The second-order valence-electron chi connectivity index (χ2n) is 8.11. The van der Waals surface area contributed by atoms with E-state index in [1.165, 1.54) is 0 Å². The first-order valence-electron chi connectivity index (χ1n) is 11.0. The van der Waals surface area contributed by atoms with Crippen molar-refractivity contribution in [2.24, 2.45) is 0 Å². The number of amides is 1. The molecule has 2 aromatic carbocycles. The number of H-pyrrole nitrogens is 1. The molecule has 2 aliphatic heterocycles. The smallest absolute Gasteiger partial charge is 0.270 e. The minimum absolute atomic E-state index is 0.0200. The highest BCUT2D eigenvalue weighted by Crippen LogP contribution is 2.33. The summed E-state index contributed by atoms with van der Waals surface area (Å²) < 4.78 is 16.8. The molecular weight excluding hydrogens is 406 g/mol. The molecule has 3 aromatic rings. The number of hydrogen-bond acceptors (Lipinski definition) is 5. The fourth-order valence-corrected chi connectivity index (χ4v) is 4.32. The van der Waals surface area contributed by atoms with E-state index in [1.807, 2.05) is 47.4 Å². The van der Waals surface area contributed by atoms with E-state index >= 15 is 0 Å². The molecule has 5 rings (SSSR count). The first kappa shape index (κ1) is 20.6. The predicted molar refractivity (Wildman–Crippen MR) is 120 cm³/mol. The van der Waals surface area contributed by atoms with Crippen LogP contribution in [0.15, 0.2) is 42.5 Å². The normalized spacial score (nSPS) is 17.3. The number of nitriles is 1. The van der Waals surface area contributed by atoms with Crippen LogP contribution < -0.4 is 4.74 Å². The molecule has 0 atom stereocenters. The van der Waals surface area contributed by atoms with Crippen molar-refractivity contribution in [3.8, 4) is 22.9 Å². The van der Waals surface area contributed by atoms with Gasteiger partial charge in [0.2, 0.25) is 0 Å². The maximum atomic E-state index is 12.9. The van der Waals surface area contributed by atoms with Crippen molar-refractivity contribution >= 4 is 16.8 Å². The number of carbonyl (C=O) groups excluding carboxylic acids is 1. The Morgan fingerprint density at radius 3 is 2.62 bits per heavy atom. The summed E-state index contributed by atoms with van der Waals surface area (Å²) in [5, 5.41) is 10.7. The fourth-order valence-electron chi connectivity index (χ4n) is 4.32. The maximum Gasteiger partial charge on any atom is 0.270 e. The lowest BCUT2D eigenvalue weighted by molar-refractivity contribution is 0.0254. The molecule has 2 aliphatic rings. The Kier molecular flexibility index (Phi) is 5.80. The third kappa shape index (κ3) is 4.07. The predicted octanol–water partition coefficient (Wildman–Crippen LogP) is 3.74. The summed E-state index contributed by atoms with van der Waals surface area (Å²) in [6, 6.07) is 15.8. The molecule has 0 unspecified atom stereocenters. The number of ether oxygens (including phenoxy) is 3. The van der Waals surface area contributed by atoms with Crippen molar-refractivity contribution in [2.75, 3.05) is 39.5 Å². The van der Waals surface area contributed by atoms with Crippen LogP contribution in [0.25, 0.3) is 22.0 Å². The quantitative estimate of drug-likeness (QED) is 0.680. The van der Waals surface area contributed by atoms with Crippen LogP contribution in [0, 0.1) is 11.3 Å². The molecule has 7 nitrogen and oxygen atoms in total. The molecule has 0 aliphatic carbocycles. The number of nitrogens with zero attached hydrogens (tertiary/aromatic N) is 2. The lowest BCUT2D eigenvalue weighted by Gasteiger charge is -2.26. The van der Waals surface area contributed by atoms with Crippen LogP contribution in [-0.2, 0) is 9.47 Å². The van der Waals surface area contributed by atoms with Gasteiger partial charge in [0.1, 0.15) is 23.6 Å². The largest absolute Gasteiger partial charge is 0.489 e. The fraction of sp³-hybridized carbons (Fsp3) is 0.360. The molecule has 1 aromatic heterocycles. The molecule has 0 spiro atoms. The molecule has 2 saturated heterocycles. The van der Waals surface area contributed by atoms with E-state index in [9.17, 15) is 10.1 Å². The zero-order chi connectivity index (χ0) is 21.9. The number of carbonyl (C=O) groups is 1. The molecule has 7 heteroatoms. The van der Waals surface area contributed by atoms with Crippen LogP contribution >= 0.6 is 0 Å². The zero-order valence-electron chi connectivity index (χ0n) is 17.8. The first-order valence-corrected chi connectivity index (χ1v) is 11.0. The molecule has 0 radical (unpaired) electrons. The lowest BCUT2D eigenvalue weighted by Crippen LogP contribution is -2.40. The van der Waals surface area contributed by atoms with E-state index < -0.39 is 0 Å². The van der Waals surface area contributed by atoms with E-state index in [2.05, 4.69) is 11.1 Å². The summed E-state index contributed by atoms with van der Waals surface area (Å²) >= 11 is 0. The van der Waals surface area contributed by atoms with Crippen LogP contribution in [-0.4, -0.2) is 61.4 Å². The van der Waals surface area contributed by atoms with Crippen molar-refractivity contribution in [3.63, 3.8) is 0 Å². The van der Waals surface area contributed by atoms with Crippen molar-refractivity contribution in [3.05, 3.63) is 53.7 Å². The van der Waals surface area contributed by atoms with Crippen molar-refractivity contribution in [2.45, 2.75) is 18.9 Å².